The highest BCUT2D eigenvalue weighted by atomic mass is 19.1. The zero-order valence-electron chi connectivity index (χ0n) is 9.92. The summed E-state index contributed by atoms with van der Waals surface area (Å²) in [5, 5.41) is 8.91. The van der Waals surface area contributed by atoms with Crippen LogP contribution in [0.4, 0.5) is 4.39 Å². The first-order valence-electron chi connectivity index (χ1n) is 5.55. The molecule has 0 heterocycles. The highest BCUT2D eigenvalue weighted by molar-refractivity contribution is 5.70. The van der Waals surface area contributed by atoms with Crippen LogP contribution in [0, 0.1) is 12.7 Å². The van der Waals surface area contributed by atoms with Crippen molar-refractivity contribution in [1.29, 1.82) is 0 Å². The van der Waals surface area contributed by atoms with E-state index in [-0.39, 0.29) is 12.2 Å². The van der Waals surface area contributed by atoms with E-state index in [0.717, 1.165) is 12.8 Å². The summed E-state index contributed by atoms with van der Waals surface area (Å²) in [6.45, 7) is 1.78. The summed E-state index contributed by atoms with van der Waals surface area (Å²) in [5.74, 6) is -0.607. The van der Waals surface area contributed by atoms with E-state index in [1.165, 1.54) is 13.2 Å². The van der Waals surface area contributed by atoms with E-state index >= 15 is 0 Å². The Bertz CT molecular complexity index is 464. The number of carboxylic acid groups (broad SMARTS) is 1. The molecular weight excluding hydrogens is 223 g/mol. The molecule has 92 valence electrons. The quantitative estimate of drug-likeness (QED) is 0.877. The van der Waals surface area contributed by atoms with Crippen LogP contribution >= 0.6 is 0 Å². The third-order valence-corrected chi connectivity index (χ3v) is 3.46. The highest BCUT2D eigenvalue weighted by Crippen LogP contribution is 2.53. The first-order valence-corrected chi connectivity index (χ1v) is 5.55. The van der Waals surface area contributed by atoms with Gasteiger partial charge in [0.2, 0.25) is 0 Å². The second-order valence-electron chi connectivity index (χ2n) is 4.60. The Morgan fingerprint density at radius 2 is 2.18 bits per heavy atom. The first kappa shape index (κ1) is 11.9. The van der Waals surface area contributed by atoms with Gasteiger partial charge >= 0.3 is 5.97 Å². The van der Waals surface area contributed by atoms with Crippen LogP contribution in [0.25, 0.3) is 0 Å². The molecule has 17 heavy (non-hydrogen) atoms. The molecule has 0 unspecified atom stereocenters. The molecule has 1 aromatic rings. The van der Waals surface area contributed by atoms with Gasteiger partial charge in [0.15, 0.2) is 0 Å². The lowest BCUT2D eigenvalue weighted by Crippen LogP contribution is -2.16. The molecule has 0 bridgehead atoms. The number of ether oxygens (including phenoxy) is 1. The van der Waals surface area contributed by atoms with Gasteiger partial charge in [-0.05, 0) is 37.5 Å². The average molecular weight is 238 g/mol. The summed E-state index contributed by atoms with van der Waals surface area (Å²) in [6.07, 6.45) is 1.44. The van der Waals surface area contributed by atoms with Crippen molar-refractivity contribution in [2.24, 2.45) is 0 Å². The standard InChI is InChI=1S/C13H15FO3/c1-8-10(17-2)4-3-9(14)12(8)13(5-6-13)7-11(15)16/h3-4H,5-7H2,1-2H3,(H,15,16). The molecule has 3 nitrogen and oxygen atoms in total. The van der Waals surface area contributed by atoms with E-state index in [4.69, 9.17) is 9.84 Å². The van der Waals surface area contributed by atoms with Crippen molar-refractivity contribution in [3.8, 4) is 5.75 Å². The number of halogens is 1. The van der Waals surface area contributed by atoms with E-state index < -0.39 is 11.4 Å². The minimum absolute atomic E-state index is 0.0159. The number of methoxy groups -OCH3 is 1. The third-order valence-electron chi connectivity index (χ3n) is 3.46. The van der Waals surface area contributed by atoms with Crippen LogP contribution in [0.1, 0.15) is 30.4 Å². The van der Waals surface area contributed by atoms with Crippen molar-refractivity contribution in [2.75, 3.05) is 7.11 Å². The highest BCUT2D eigenvalue weighted by Gasteiger charge is 2.48. The second kappa shape index (κ2) is 4.02. The molecule has 1 aromatic carbocycles. The van der Waals surface area contributed by atoms with Gasteiger partial charge in [0, 0.05) is 11.0 Å². The molecule has 0 amide bonds. The smallest absolute Gasteiger partial charge is 0.304 e. The fraction of sp³-hybridized carbons (Fsp3) is 0.462. The predicted molar refractivity (Wildman–Crippen MR) is 60.9 cm³/mol. The molecule has 1 N–H and O–H groups in total. The topological polar surface area (TPSA) is 46.5 Å². The van der Waals surface area contributed by atoms with Gasteiger partial charge in [0.1, 0.15) is 11.6 Å². The summed E-state index contributed by atoms with van der Waals surface area (Å²) < 4.78 is 19.1. The van der Waals surface area contributed by atoms with Gasteiger partial charge in [-0.2, -0.15) is 0 Å². The Labute approximate surface area is 99.2 Å². The van der Waals surface area contributed by atoms with E-state index in [0.29, 0.717) is 16.9 Å². The largest absolute Gasteiger partial charge is 0.496 e. The molecule has 0 atom stereocenters. The summed E-state index contributed by atoms with van der Waals surface area (Å²) in [7, 11) is 1.53. The summed E-state index contributed by atoms with van der Waals surface area (Å²) >= 11 is 0. The molecule has 0 aliphatic heterocycles. The van der Waals surface area contributed by atoms with Crippen molar-refractivity contribution in [3.63, 3.8) is 0 Å². The maximum Gasteiger partial charge on any atom is 0.304 e. The maximum atomic E-state index is 13.9. The van der Waals surface area contributed by atoms with E-state index in [2.05, 4.69) is 0 Å². The number of benzene rings is 1. The van der Waals surface area contributed by atoms with Gasteiger partial charge in [-0.15, -0.1) is 0 Å². The number of aliphatic carboxylic acids is 1. The van der Waals surface area contributed by atoms with E-state index in [9.17, 15) is 9.18 Å². The van der Waals surface area contributed by atoms with Gasteiger partial charge in [0.25, 0.3) is 0 Å². The van der Waals surface area contributed by atoms with Crippen LogP contribution in [-0.4, -0.2) is 18.2 Å². The Hall–Kier alpha value is -1.58. The van der Waals surface area contributed by atoms with Crippen molar-refractivity contribution in [2.45, 2.75) is 31.6 Å². The Morgan fingerprint density at radius 1 is 1.53 bits per heavy atom. The molecule has 4 heteroatoms. The number of carbonyl (C=O) groups is 1. The number of hydrogen-bond acceptors (Lipinski definition) is 2. The lowest BCUT2D eigenvalue weighted by atomic mass is 9.88. The molecule has 1 saturated carbocycles. The number of hydrogen-bond donors (Lipinski definition) is 1. The average Bonchev–Trinajstić information content (AvgIpc) is 2.97. The van der Waals surface area contributed by atoms with Crippen molar-refractivity contribution < 1.29 is 19.0 Å². The molecule has 1 aliphatic rings. The third kappa shape index (κ3) is 1.99. The molecule has 0 saturated heterocycles. The van der Waals surface area contributed by atoms with Crippen LogP contribution in [0.2, 0.25) is 0 Å². The van der Waals surface area contributed by atoms with Gasteiger partial charge in [-0.3, -0.25) is 4.79 Å². The lowest BCUT2D eigenvalue weighted by Gasteiger charge is -2.19. The van der Waals surface area contributed by atoms with Crippen LogP contribution in [0.3, 0.4) is 0 Å². The Balaban J connectivity index is 2.48. The minimum Gasteiger partial charge on any atom is -0.496 e. The Morgan fingerprint density at radius 3 is 2.65 bits per heavy atom. The van der Waals surface area contributed by atoms with Gasteiger partial charge in [0.05, 0.1) is 13.5 Å². The fourth-order valence-electron chi connectivity index (χ4n) is 2.49. The molecule has 0 aromatic heterocycles. The zero-order valence-corrected chi connectivity index (χ0v) is 9.92. The van der Waals surface area contributed by atoms with Crippen LogP contribution in [0.5, 0.6) is 5.75 Å². The monoisotopic (exact) mass is 238 g/mol. The molecule has 1 fully saturated rings. The molecular formula is C13H15FO3. The summed E-state index contributed by atoms with van der Waals surface area (Å²) in [5.41, 5.74) is 0.708. The number of carboxylic acids is 1. The first-order chi connectivity index (χ1) is 8.00. The molecule has 1 aliphatic carbocycles. The molecule has 0 spiro atoms. The molecule has 2 rings (SSSR count). The lowest BCUT2D eigenvalue weighted by molar-refractivity contribution is -0.137. The number of rotatable bonds is 4. The van der Waals surface area contributed by atoms with E-state index in [1.807, 2.05) is 0 Å². The van der Waals surface area contributed by atoms with Crippen molar-refractivity contribution in [1.82, 2.24) is 0 Å². The second-order valence-corrected chi connectivity index (χ2v) is 4.60. The zero-order chi connectivity index (χ0) is 12.6. The van der Waals surface area contributed by atoms with Gasteiger partial charge in [-0.1, -0.05) is 0 Å². The van der Waals surface area contributed by atoms with Crippen LogP contribution in [0.15, 0.2) is 12.1 Å². The van der Waals surface area contributed by atoms with E-state index in [1.54, 1.807) is 13.0 Å². The SMILES string of the molecule is COc1ccc(F)c(C2(CC(=O)O)CC2)c1C. The van der Waals surface area contributed by atoms with Crippen LogP contribution in [-0.2, 0) is 10.2 Å². The molecule has 0 radical (unpaired) electrons. The van der Waals surface area contributed by atoms with Crippen LogP contribution < -0.4 is 4.74 Å². The van der Waals surface area contributed by atoms with Crippen molar-refractivity contribution in [3.05, 3.63) is 29.1 Å². The minimum atomic E-state index is -0.885. The fourth-order valence-corrected chi connectivity index (χ4v) is 2.49. The summed E-state index contributed by atoms with van der Waals surface area (Å²) in [6, 6.07) is 2.92. The predicted octanol–water partition coefficient (Wildman–Crippen LogP) is 2.65. The normalized spacial score (nSPS) is 16.6. The Kier molecular flexibility index (Phi) is 2.81. The van der Waals surface area contributed by atoms with Gasteiger partial charge in [-0.25, -0.2) is 4.39 Å². The maximum absolute atomic E-state index is 13.9. The summed E-state index contributed by atoms with van der Waals surface area (Å²) in [4.78, 5) is 10.9. The van der Waals surface area contributed by atoms with Gasteiger partial charge < -0.3 is 9.84 Å². The van der Waals surface area contributed by atoms with Crippen molar-refractivity contribution >= 4 is 5.97 Å².